The van der Waals surface area contributed by atoms with E-state index in [1.54, 1.807) is 176 Å². The first kappa shape index (κ1) is 83.1. The molecule has 3 aromatic carbocycles. The summed E-state index contributed by atoms with van der Waals surface area (Å²) in [5.41, 5.74) is 0. The van der Waals surface area contributed by atoms with E-state index in [2.05, 4.69) is 93.2 Å². The summed E-state index contributed by atoms with van der Waals surface area (Å²) in [7, 11) is 23.6. The van der Waals surface area contributed by atoms with Gasteiger partial charge in [0.1, 0.15) is 17.5 Å². The zero-order chi connectivity index (χ0) is 51.9. The van der Waals surface area contributed by atoms with Crippen molar-refractivity contribution in [3.8, 4) is 0 Å². The normalized spacial score (nSPS) is 8.52. The minimum Gasteiger partial charge on any atom is -1.00 e. The van der Waals surface area contributed by atoms with Crippen molar-refractivity contribution >= 4 is 265 Å². The van der Waals surface area contributed by atoms with Gasteiger partial charge in [-0.15, -0.1) is 25.0 Å². The summed E-state index contributed by atoms with van der Waals surface area (Å²) < 4.78 is 62.4. The van der Waals surface area contributed by atoms with Gasteiger partial charge in [0.15, 0.2) is 0 Å². The van der Waals surface area contributed by atoms with E-state index in [4.69, 9.17) is 10.1 Å². The number of sulfone groups is 1. The van der Waals surface area contributed by atoms with Gasteiger partial charge in [-0.25, -0.2) is 21.6 Å². The van der Waals surface area contributed by atoms with Gasteiger partial charge in [0.25, 0.3) is 6.47 Å². The fraction of sp³-hybridized carbons (Fsp3) is 0. The molecule has 0 aliphatic carbocycles. The van der Waals surface area contributed by atoms with Crippen molar-refractivity contribution in [2.75, 3.05) is 0 Å². The van der Waals surface area contributed by atoms with Gasteiger partial charge in [-0.3, -0.25) is 19.7 Å². The standard InChI is InChI=1S/C11H8FNO2S.C11H8FNS.C6H5FS.C5H4BrN.CH2O3.ClH.2K.S11.S10.H/c12-9-1-3-10(4-2-9)16(14,15)11-5-7-13-8-6-11;12-9-1-3-10(4-2-9)14-11-5-7-13-8-6-11;7-5-1-3-6(8)4-2-5;6-5-1-3-7-4-2-5;2-1-4-3;;;;1-3-5-7-9-11-10-8-6-4-2;1-3-5-7-9-10-8-6-4-2;/h1-8H;1-8H;1-4,8H;1-4H;1,3H;1H;;;;;/q;;;;;;2*+1;;;-1/p-1. The Morgan fingerprint density at radius 3 is 1.08 bits per heavy atom. The molecule has 6 aromatic rings. The monoisotopic (exact) mass is 1570 g/mol. The molecule has 3 aromatic heterocycles. The van der Waals surface area contributed by atoms with Crippen molar-refractivity contribution in [1.82, 2.24) is 15.0 Å². The Morgan fingerprint density at radius 2 is 0.781 bits per heavy atom. The van der Waals surface area contributed by atoms with Crippen molar-refractivity contribution in [3.63, 3.8) is 0 Å². The summed E-state index contributed by atoms with van der Waals surface area (Å²) in [5, 5.41) is 8.43. The van der Waals surface area contributed by atoms with Crippen LogP contribution in [0.4, 0.5) is 13.2 Å². The summed E-state index contributed by atoms with van der Waals surface area (Å²) in [6.07, 6.45) is 9.76. The summed E-state index contributed by atoms with van der Waals surface area (Å²) in [6.45, 7) is -0.181. The van der Waals surface area contributed by atoms with Gasteiger partial charge in [0.05, 0.1) is 9.79 Å². The van der Waals surface area contributed by atoms with Crippen molar-refractivity contribution in [2.24, 2.45) is 0 Å². The third kappa shape index (κ3) is 51.1. The van der Waals surface area contributed by atoms with E-state index in [1.807, 2.05) is 24.3 Å². The van der Waals surface area contributed by atoms with Crippen molar-refractivity contribution in [1.29, 1.82) is 0 Å². The van der Waals surface area contributed by atoms with Crippen LogP contribution >= 0.6 is 52.7 Å². The average Bonchev–Trinajstić information content (AvgIpc) is 3.38. The minimum absolute atomic E-state index is 0. The first-order valence-electron chi connectivity index (χ1n) is 16.7. The Balaban J connectivity index is -0.000000256. The predicted molar refractivity (Wildman–Crippen MR) is 347 cm³/mol. The Hall–Kier alpha value is 3.64. The molecule has 0 aliphatic heterocycles. The maximum Gasteiger partial charge on any atom is 1.00 e. The van der Waals surface area contributed by atoms with E-state index in [0.717, 1.165) is 31.3 Å². The molecule has 0 aliphatic rings. The van der Waals surface area contributed by atoms with Gasteiger partial charge < -0.3 is 11.6 Å². The molecule has 0 saturated heterocycles. The molecule has 0 saturated carbocycles. The Labute approximate surface area is 600 Å². The van der Waals surface area contributed by atoms with Crippen LogP contribution in [0.25, 0.3) is 0 Å². The van der Waals surface area contributed by atoms with E-state index < -0.39 is 15.7 Å². The van der Waals surface area contributed by atoms with E-state index in [-0.39, 0.29) is 145 Å². The molecule has 73 heavy (non-hydrogen) atoms. The van der Waals surface area contributed by atoms with Crippen LogP contribution in [0.5, 0.6) is 0 Å². The molecule has 3 heterocycles. The largest absolute Gasteiger partial charge is 1.00 e. The number of benzene rings is 3. The number of carbonyl (C=O) groups excluding carboxylic acids is 1. The van der Waals surface area contributed by atoms with Crippen LogP contribution in [-0.4, -0.2) is 29.8 Å². The molecule has 8 nitrogen and oxygen atoms in total. The SMILES string of the molecule is Brc1ccncc1.Cl.Fc1ccc(S)cc1.Fc1ccc(Sc2ccncc2)cc1.O=CO[O-].O=S(=O)(c1ccncc1)c1ccc(F)cc1.S=S=S=S=S=S=S=S=S=S.S=S=S=S=S=S=S=S=S=S=S.[H-].[K+].[K+]. The fourth-order valence-electron chi connectivity index (χ4n) is 3.23. The maximum atomic E-state index is 12.7. The summed E-state index contributed by atoms with van der Waals surface area (Å²) in [6, 6.07) is 27.6. The second kappa shape index (κ2) is 60.2. The number of hydrogen-bond acceptors (Lipinski definition) is 14. The van der Waals surface area contributed by atoms with Crippen LogP contribution < -0.4 is 108 Å². The number of halogens is 5. The first-order valence-corrected chi connectivity index (χ1v) is 45.6. The van der Waals surface area contributed by atoms with Crippen LogP contribution in [0.1, 0.15) is 1.43 Å². The molecule has 0 bridgehead atoms. The number of thiol groups is 1. The molecule has 0 radical (unpaired) electrons. The van der Waals surface area contributed by atoms with Gasteiger partial charge in [-0.1, -0.05) is 27.7 Å². The number of carbonyl (C=O) groups is 1. The smallest absolute Gasteiger partial charge is 1.00 e. The second-order valence-corrected chi connectivity index (χ2v) is 44.5. The molecule has 0 unspecified atom stereocenters. The van der Waals surface area contributed by atoms with Crippen molar-refractivity contribution in [2.45, 2.75) is 24.5 Å². The molecule has 6 rings (SSSR count). The van der Waals surface area contributed by atoms with Gasteiger partial charge in [-0.05, 0) is 109 Å². The molecule has 390 valence electrons. The molecule has 0 spiro atoms. The number of rotatable bonds is 5. The summed E-state index contributed by atoms with van der Waals surface area (Å²) in [5.74, 6) is -0.888. The van der Waals surface area contributed by atoms with Gasteiger partial charge in [0.2, 0.25) is 9.84 Å². The zero-order valence-electron chi connectivity index (χ0n) is 37.1. The first-order chi connectivity index (χ1) is 33.9. The summed E-state index contributed by atoms with van der Waals surface area (Å²) >= 11 is 27.5. The Morgan fingerprint density at radius 1 is 0.507 bits per heavy atom. The van der Waals surface area contributed by atoms with Gasteiger partial charge in [0, 0.05) is 252 Å². The number of pyridine rings is 3. The average molecular weight is 1580 g/mol. The van der Waals surface area contributed by atoms with Gasteiger partial charge in [-0.2, -0.15) is 0 Å². The van der Waals surface area contributed by atoms with Crippen LogP contribution in [-0.2, 0) is 215 Å². The number of hydrogen-bond donors (Lipinski definition) is 1. The molecule has 0 fully saturated rings. The van der Waals surface area contributed by atoms with Crippen molar-refractivity contribution in [3.05, 3.63) is 168 Å². The molecule has 0 N–H and O–H groups in total. The number of aromatic nitrogens is 3. The van der Waals surface area contributed by atoms with Crippen LogP contribution in [0.15, 0.2) is 175 Å². The molecule has 0 amide bonds. The fourth-order valence-corrected chi connectivity index (χ4v) is 41.3. The van der Waals surface area contributed by atoms with Gasteiger partial charge >= 0.3 is 103 Å². The number of nitrogens with zero attached hydrogens (tertiary/aromatic N) is 3. The van der Waals surface area contributed by atoms with E-state index >= 15 is 0 Å². The summed E-state index contributed by atoms with van der Waals surface area (Å²) in [4.78, 5) is 25.9. The molecule has 39 heteroatoms. The third-order valence-electron chi connectivity index (χ3n) is 5.71. The minimum atomic E-state index is -3.56. The maximum absolute atomic E-state index is 12.7. The topological polar surface area (TPSA) is 122 Å². The molecular weight excluding hydrogens is 1550 g/mol. The third-order valence-corrected chi connectivity index (χ3v) is 42.7. The molecule has 0 atom stereocenters. The van der Waals surface area contributed by atoms with Crippen LogP contribution in [0, 0.1) is 17.5 Å². The van der Waals surface area contributed by atoms with E-state index in [0.29, 0.717) is 0 Å². The zero-order valence-corrected chi connectivity index (χ0v) is 64.4. The van der Waals surface area contributed by atoms with Crippen LogP contribution in [0.3, 0.4) is 0 Å². The quantitative estimate of drug-likeness (QED) is 0.0680. The Kier molecular flexibility index (Phi) is 68.6. The van der Waals surface area contributed by atoms with Crippen molar-refractivity contribution < 1.29 is 141 Å². The predicted octanol–water partition coefficient (Wildman–Crippen LogP) is 2.31. The van der Waals surface area contributed by atoms with E-state index in [9.17, 15) is 21.6 Å². The molecular formula is C34H28BrClF3K2N3O5S24. The second-order valence-electron chi connectivity index (χ2n) is 9.87. The Bertz CT molecular complexity index is 3280. The van der Waals surface area contributed by atoms with Crippen LogP contribution in [0.2, 0.25) is 0 Å². The van der Waals surface area contributed by atoms with E-state index in [1.165, 1.54) is 96.4 Å².